The van der Waals surface area contributed by atoms with E-state index in [4.69, 9.17) is 0 Å². The number of piperidine rings is 3. The molecule has 26 heavy (non-hydrogen) atoms. The normalized spacial score (nSPS) is 27.9. The number of likely N-dealkylation sites (tertiary alicyclic amines) is 3. The third kappa shape index (κ3) is 5.02. The molecule has 3 aliphatic heterocycles. The van der Waals surface area contributed by atoms with Gasteiger partial charge in [-0.3, -0.25) is 9.80 Å². The fourth-order valence-electron chi connectivity index (χ4n) is 5.68. The van der Waals surface area contributed by atoms with Crippen LogP contribution in [0.2, 0.25) is 0 Å². The third-order valence-corrected chi connectivity index (χ3v) is 7.59. The minimum atomic E-state index is 0.344. The Morgan fingerprint density at radius 2 is 1.27 bits per heavy atom. The van der Waals surface area contributed by atoms with Gasteiger partial charge >= 0.3 is 0 Å². The van der Waals surface area contributed by atoms with Crippen molar-refractivity contribution < 1.29 is 0 Å². The molecule has 0 aliphatic carbocycles. The van der Waals surface area contributed by atoms with Crippen LogP contribution in [0.5, 0.6) is 0 Å². The van der Waals surface area contributed by atoms with Crippen LogP contribution in [-0.2, 0) is 0 Å². The number of hydrogen-bond donors (Lipinski definition) is 0. The smallest absolute Gasteiger partial charge is 0.0125 e. The molecule has 0 aromatic heterocycles. The average molecular weight is 364 g/mol. The second-order valence-corrected chi connectivity index (χ2v) is 11.6. The minimum Gasteiger partial charge on any atom is -0.303 e. The molecule has 0 aromatic carbocycles. The molecule has 3 fully saturated rings. The van der Waals surface area contributed by atoms with Gasteiger partial charge in [0.15, 0.2) is 0 Å². The molecule has 0 radical (unpaired) electrons. The van der Waals surface area contributed by atoms with Crippen molar-refractivity contribution in [2.45, 2.75) is 91.1 Å². The van der Waals surface area contributed by atoms with Crippen LogP contribution in [-0.4, -0.2) is 71.6 Å². The van der Waals surface area contributed by atoms with E-state index in [9.17, 15) is 0 Å². The van der Waals surface area contributed by atoms with Crippen LogP contribution in [0.1, 0.15) is 80.1 Å². The number of hydrogen-bond acceptors (Lipinski definition) is 3. The van der Waals surface area contributed by atoms with Crippen LogP contribution in [0.25, 0.3) is 0 Å². The second-order valence-electron chi connectivity index (χ2n) is 11.6. The summed E-state index contributed by atoms with van der Waals surface area (Å²) in [5.74, 6) is 0.929. The van der Waals surface area contributed by atoms with E-state index in [1.807, 2.05) is 0 Å². The molecular formula is C23H45N3. The Morgan fingerprint density at radius 1 is 0.731 bits per heavy atom. The summed E-state index contributed by atoms with van der Waals surface area (Å²) in [6.07, 6.45) is 8.55. The van der Waals surface area contributed by atoms with Gasteiger partial charge in [-0.1, -0.05) is 0 Å². The molecule has 152 valence electrons. The summed E-state index contributed by atoms with van der Waals surface area (Å²) in [4.78, 5) is 8.25. The Kier molecular flexibility index (Phi) is 6.12. The maximum atomic E-state index is 2.85. The molecule has 0 unspecified atom stereocenters. The van der Waals surface area contributed by atoms with Crippen molar-refractivity contribution in [1.82, 2.24) is 14.7 Å². The molecule has 3 rings (SSSR count). The lowest BCUT2D eigenvalue weighted by atomic mass is 9.71. The zero-order chi connectivity index (χ0) is 19.0. The minimum absolute atomic E-state index is 0.344. The van der Waals surface area contributed by atoms with Gasteiger partial charge in [0.2, 0.25) is 0 Å². The van der Waals surface area contributed by atoms with Crippen molar-refractivity contribution in [1.29, 1.82) is 0 Å². The van der Waals surface area contributed by atoms with Gasteiger partial charge in [-0.25, -0.2) is 0 Å². The first-order valence-electron chi connectivity index (χ1n) is 11.3. The molecule has 0 bridgehead atoms. The highest BCUT2D eigenvalue weighted by atomic mass is 15.2. The molecule has 0 amide bonds. The maximum absolute atomic E-state index is 2.85. The molecule has 3 aliphatic rings. The first kappa shape index (κ1) is 20.6. The molecule has 1 spiro atoms. The molecule has 0 saturated carbocycles. The van der Waals surface area contributed by atoms with Crippen molar-refractivity contribution in [2.24, 2.45) is 11.3 Å². The van der Waals surface area contributed by atoms with Crippen molar-refractivity contribution >= 4 is 0 Å². The summed E-state index contributed by atoms with van der Waals surface area (Å²) < 4.78 is 0. The third-order valence-electron chi connectivity index (χ3n) is 7.59. The zero-order valence-electron chi connectivity index (χ0n) is 18.6. The zero-order valence-corrected chi connectivity index (χ0v) is 18.6. The predicted molar refractivity (Wildman–Crippen MR) is 113 cm³/mol. The highest BCUT2D eigenvalue weighted by Crippen LogP contribution is 2.41. The predicted octanol–water partition coefficient (Wildman–Crippen LogP) is 4.47. The lowest BCUT2D eigenvalue weighted by molar-refractivity contribution is -0.0124. The first-order valence-corrected chi connectivity index (χ1v) is 11.3. The molecule has 3 heterocycles. The highest BCUT2D eigenvalue weighted by Gasteiger charge is 2.40. The van der Waals surface area contributed by atoms with Gasteiger partial charge in [-0.15, -0.1) is 0 Å². The monoisotopic (exact) mass is 363 g/mol. The Hall–Kier alpha value is -0.120. The molecule has 3 heteroatoms. The molecule has 3 nitrogen and oxygen atoms in total. The fraction of sp³-hybridized carbons (Fsp3) is 1.00. The quantitative estimate of drug-likeness (QED) is 0.716. The summed E-state index contributed by atoms with van der Waals surface area (Å²) in [6.45, 7) is 23.5. The lowest BCUT2D eigenvalue weighted by Crippen LogP contribution is -2.54. The molecule has 0 aromatic rings. The van der Waals surface area contributed by atoms with Crippen LogP contribution in [0.15, 0.2) is 0 Å². The average Bonchev–Trinajstić information content (AvgIpc) is 2.54. The summed E-state index contributed by atoms with van der Waals surface area (Å²) in [7, 11) is 0. The van der Waals surface area contributed by atoms with E-state index in [0.29, 0.717) is 16.5 Å². The van der Waals surface area contributed by atoms with Crippen LogP contribution in [0.3, 0.4) is 0 Å². The van der Waals surface area contributed by atoms with Gasteiger partial charge < -0.3 is 4.90 Å². The van der Waals surface area contributed by atoms with Gasteiger partial charge in [0, 0.05) is 24.2 Å². The van der Waals surface area contributed by atoms with Crippen molar-refractivity contribution in [3.63, 3.8) is 0 Å². The van der Waals surface area contributed by atoms with E-state index in [1.54, 1.807) is 0 Å². The second kappa shape index (κ2) is 7.72. The Morgan fingerprint density at radius 3 is 1.81 bits per heavy atom. The van der Waals surface area contributed by atoms with Crippen LogP contribution < -0.4 is 0 Å². The summed E-state index contributed by atoms with van der Waals surface area (Å²) >= 11 is 0. The van der Waals surface area contributed by atoms with E-state index in [-0.39, 0.29) is 0 Å². The largest absolute Gasteiger partial charge is 0.303 e. The van der Waals surface area contributed by atoms with Crippen molar-refractivity contribution in [3.05, 3.63) is 0 Å². The highest BCUT2D eigenvalue weighted by molar-refractivity contribution is 4.94. The van der Waals surface area contributed by atoms with E-state index < -0.39 is 0 Å². The standard InChI is InChI=1S/C23H45N3/c1-21(2,3)25-14-8-20(9-15-25)18-24-13-7-10-23(19-24)11-16-26(17-12-23)22(4,5)6/h20H,7-19H2,1-6H3. The van der Waals surface area contributed by atoms with Crippen molar-refractivity contribution in [3.8, 4) is 0 Å². The van der Waals surface area contributed by atoms with E-state index in [2.05, 4.69) is 56.2 Å². The Labute approximate surface area is 163 Å². The fourth-order valence-corrected chi connectivity index (χ4v) is 5.68. The van der Waals surface area contributed by atoms with Gasteiger partial charge in [0.1, 0.15) is 0 Å². The van der Waals surface area contributed by atoms with Crippen LogP contribution in [0.4, 0.5) is 0 Å². The maximum Gasteiger partial charge on any atom is 0.0125 e. The van der Waals surface area contributed by atoms with E-state index in [1.165, 1.54) is 84.3 Å². The SMILES string of the molecule is CC(C)(C)N1CCC(CN2CCCC3(CCN(C(C)(C)C)CC3)C2)CC1. The lowest BCUT2D eigenvalue weighted by Gasteiger charge is -2.51. The molecule has 0 atom stereocenters. The summed E-state index contributed by atoms with van der Waals surface area (Å²) in [5.41, 5.74) is 1.32. The Bertz CT molecular complexity index is 443. The Balaban J connectivity index is 1.48. The van der Waals surface area contributed by atoms with E-state index in [0.717, 1.165) is 5.92 Å². The number of rotatable bonds is 2. The molecule has 0 N–H and O–H groups in total. The summed E-state index contributed by atoms with van der Waals surface area (Å²) in [6, 6.07) is 0. The first-order chi connectivity index (χ1) is 12.1. The van der Waals surface area contributed by atoms with Crippen LogP contribution >= 0.6 is 0 Å². The molecular weight excluding hydrogens is 318 g/mol. The van der Waals surface area contributed by atoms with Gasteiger partial charge in [-0.2, -0.15) is 0 Å². The van der Waals surface area contributed by atoms with Gasteiger partial charge in [0.05, 0.1) is 0 Å². The van der Waals surface area contributed by atoms with E-state index >= 15 is 0 Å². The topological polar surface area (TPSA) is 9.72 Å². The van der Waals surface area contributed by atoms with Gasteiger partial charge in [0.25, 0.3) is 0 Å². The summed E-state index contributed by atoms with van der Waals surface area (Å²) in [5, 5.41) is 0. The van der Waals surface area contributed by atoms with Crippen LogP contribution in [0, 0.1) is 11.3 Å². The van der Waals surface area contributed by atoms with Crippen molar-refractivity contribution in [2.75, 3.05) is 45.8 Å². The molecule has 3 saturated heterocycles. The number of nitrogens with zero attached hydrogens (tertiary/aromatic N) is 3. The van der Waals surface area contributed by atoms with Gasteiger partial charge in [-0.05, 0) is 124 Å².